The van der Waals surface area contributed by atoms with Crippen LogP contribution in [0.4, 0.5) is 15.3 Å². The van der Waals surface area contributed by atoms with Crippen LogP contribution in [-0.4, -0.2) is 40.6 Å². The molecule has 2 atom stereocenters. The second kappa shape index (κ2) is 8.51. The topological polar surface area (TPSA) is 134 Å². The Balaban J connectivity index is 2.45. The third-order valence-corrected chi connectivity index (χ3v) is 2.99. The maximum absolute atomic E-state index is 11.5. The molecule has 134 valence electrons. The lowest BCUT2D eigenvalue weighted by Crippen LogP contribution is -2.34. The van der Waals surface area contributed by atoms with Gasteiger partial charge in [0.15, 0.2) is 0 Å². The van der Waals surface area contributed by atoms with E-state index in [-0.39, 0.29) is 13.0 Å². The number of aliphatic hydroxyl groups excluding tert-OH is 2. The number of aliphatic hydroxyl groups is 2. The number of nitrogens with one attached hydrogen (secondary N) is 2. The molecular weight excluding hydrogens is 314 g/mol. The van der Waals surface area contributed by atoms with Gasteiger partial charge in [0.2, 0.25) is 0 Å². The lowest BCUT2D eigenvalue weighted by Gasteiger charge is -2.21. The number of rotatable bonds is 6. The van der Waals surface area contributed by atoms with Crippen LogP contribution in [0.3, 0.4) is 0 Å². The largest absolute Gasteiger partial charge is 0.444 e. The molecule has 0 aliphatic rings. The predicted molar refractivity (Wildman–Crippen MR) is 89.5 cm³/mol. The van der Waals surface area contributed by atoms with Gasteiger partial charge in [-0.3, -0.25) is 0 Å². The number of nitrogens with two attached hydrogens (primary N) is 1. The summed E-state index contributed by atoms with van der Waals surface area (Å²) in [5, 5.41) is 25.0. The highest BCUT2D eigenvalue weighted by atomic mass is 16.6. The molecule has 0 radical (unpaired) electrons. The van der Waals surface area contributed by atoms with E-state index in [4.69, 9.17) is 10.5 Å². The van der Waals surface area contributed by atoms with Gasteiger partial charge in [-0.15, -0.1) is 0 Å². The van der Waals surface area contributed by atoms with Crippen LogP contribution in [0.2, 0.25) is 0 Å². The SMILES string of the molecule is CC(C)(C)OC(=O)NCCC(O)C(O)c1ccc(NC(N)=O)cc1. The molecule has 0 bridgehead atoms. The van der Waals surface area contributed by atoms with Crippen LogP contribution in [0.25, 0.3) is 0 Å². The van der Waals surface area contributed by atoms with Crippen molar-refractivity contribution in [2.45, 2.75) is 45.0 Å². The molecule has 0 spiro atoms. The first kappa shape index (κ1) is 19.7. The van der Waals surface area contributed by atoms with E-state index in [2.05, 4.69) is 10.6 Å². The van der Waals surface area contributed by atoms with Gasteiger partial charge in [-0.2, -0.15) is 0 Å². The van der Waals surface area contributed by atoms with Gasteiger partial charge in [0.25, 0.3) is 0 Å². The van der Waals surface area contributed by atoms with E-state index in [1.165, 1.54) is 0 Å². The number of anilines is 1. The van der Waals surface area contributed by atoms with Crippen molar-refractivity contribution in [1.29, 1.82) is 0 Å². The van der Waals surface area contributed by atoms with E-state index in [1.807, 2.05) is 0 Å². The quantitative estimate of drug-likeness (QED) is 0.535. The fourth-order valence-electron chi connectivity index (χ4n) is 1.92. The summed E-state index contributed by atoms with van der Waals surface area (Å²) in [4.78, 5) is 22.2. The normalized spacial score (nSPS) is 13.7. The molecule has 8 heteroatoms. The predicted octanol–water partition coefficient (Wildman–Crippen LogP) is 1.49. The molecule has 24 heavy (non-hydrogen) atoms. The fourth-order valence-corrected chi connectivity index (χ4v) is 1.92. The summed E-state index contributed by atoms with van der Waals surface area (Å²) in [6, 6.07) is 5.58. The number of alkyl carbamates (subject to hydrolysis) is 1. The molecule has 2 unspecified atom stereocenters. The zero-order chi connectivity index (χ0) is 18.3. The molecule has 0 heterocycles. The Labute approximate surface area is 141 Å². The van der Waals surface area contributed by atoms with Gasteiger partial charge < -0.3 is 31.3 Å². The number of primary amides is 1. The molecule has 1 aromatic rings. The number of carbonyl (C=O) groups is 2. The first-order valence-electron chi connectivity index (χ1n) is 7.58. The molecule has 0 saturated heterocycles. The first-order chi connectivity index (χ1) is 11.1. The third-order valence-electron chi connectivity index (χ3n) is 2.99. The lowest BCUT2D eigenvalue weighted by atomic mass is 10.0. The number of hydrogen-bond acceptors (Lipinski definition) is 5. The Morgan fingerprint density at radius 2 is 1.79 bits per heavy atom. The van der Waals surface area contributed by atoms with Gasteiger partial charge in [-0.05, 0) is 44.9 Å². The second-order valence-corrected chi connectivity index (χ2v) is 6.34. The Morgan fingerprint density at radius 3 is 2.29 bits per heavy atom. The number of urea groups is 1. The van der Waals surface area contributed by atoms with E-state index in [0.717, 1.165) is 0 Å². The highest BCUT2D eigenvalue weighted by molar-refractivity contribution is 5.87. The van der Waals surface area contributed by atoms with Crippen LogP contribution in [0.1, 0.15) is 38.9 Å². The highest BCUT2D eigenvalue weighted by Gasteiger charge is 2.20. The van der Waals surface area contributed by atoms with Gasteiger partial charge in [0.05, 0.1) is 6.10 Å². The summed E-state index contributed by atoms with van der Waals surface area (Å²) < 4.78 is 5.07. The zero-order valence-electron chi connectivity index (χ0n) is 14.1. The minimum Gasteiger partial charge on any atom is -0.444 e. The molecule has 0 saturated carbocycles. The zero-order valence-corrected chi connectivity index (χ0v) is 14.1. The number of ether oxygens (including phenoxy) is 1. The van der Waals surface area contributed by atoms with E-state index < -0.39 is 29.9 Å². The lowest BCUT2D eigenvalue weighted by molar-refractivity contribution is 0.0123. The van der Waals surface area contributed by atoms with Crippen molar-refractivity contribution in [3.63, 3.8) is 0 Å². The van der Waals surface area contributed by atoms with Crippen molar-refractivity contribution in [2.24, 2.45) is 5.73 Å². The van der Waals surface area contributed by atoms with Crippen molar-refractivity contribution in [2.75, 3.05) is 11.9 Å². The average Bonchev–Trinajstić information content (AvgIpc) is 2.44. The van der Waals surface area contributed by atoms with E-state index >= 15 is 0 Å². The standard InChI is InChI=1S/C16H25N3O5/c1-16(2,3)24-15(23)18-9-8-12(20)13(21)10-4-6-11(7-5-10)19-14(17)22/h4-7,12-13,20-21H,8-9H2,1-3H3,(H,18,23)(H3,17,19,22). The molecule has 6 N–H and O–H groups in total. The smallest absolute Gasteiger partial charge is 0.407 e. The summed E-state index contributed by atoms with van der Waals surface area (Å²) in [7, 11) is 0. The van der Waals surface area contributed by atoms with Gasteiger partial charge >= 0.3 is 12.1 Å². The Kier molecular flexibility index (Phi) is 6.99. The fraction of sp³-hybridized carbons (Fsp3) is 0.500. The van der Waals surface area contributed by atoms with E-state index in [9.17, 15) is 19.8 Å². The van der Waals surface area contributed by atoms with Crippen molar-refractivity contribution in [3.05, 3.63) is 29.8 Å². The van der Waals surface area contributed by atoms with Crippen molar-refractivity contribution in [1.82, 2.24) is 5.32 Å². The molecule has 3 amide bonds. The van der Waals surface area contributed by atoms with Crippen molar-refractivity contribution < 1.29 is 24.5 Å². The van der Waals surface area contributed by atoms with Crippen LogP contribution in [-0.2, 0) is 4.74 Å². The summed E-state index contributed by atoms with van der Waals surface area (Å²) >= 11 is 0. The van der Waals surface area contributed by atoms with Crippen molar-refractivity contribution >= 4 is 17.8 Å². The Morgan fingerprint density at radius 1 is 1.21 bits per heavy atom. The number of amides is 3. The minimum atomic E-state index is -1.12. The average molecular weight is 339 g/mol. The molecule has 1 rings (SSSR count). The van der Waals surface area contributed by atoms with Crippen molar-refractivity contribution in [3.8, 4) is 0 Å². The number of carbonyl (C=O) groups excluding carboxylic acids is 2. The van der Waals surface area contributed by atoms with Gasteiger partial charge in [-0.25, -0.2) is 9.59 Å². The van der Waals surface area contributed by atoms with Gasteiger partial charge in [0.1, 0.15) is 11.7 Å². The molecule has 0 aromatic heterocycles. The number of benzene rings is 1. The maximum Gasteiger partial charge on any atom is 0.407 e. The van der Waals surface area contributed by atoms with Gasteiger partial charge in [0, 0.05) is 12.2 Å². The summed E-state index contributed by atoms with van der Waals surface area (Å²) in [6.07, 6.45) is -2.60. The molecule has 0 aliphatic carbocycles. The van der Waals surface area contributed by atoms with Crippen LogP contribution in [0, 0.1) is 0 Å². The molecular formula is C16H25N3O5. The first-order valence-corrected chi connectivity index (χ1v) is 7.58. The monoisotopic (exact) mass is 339 g/mol. The highest BCUT2D eigenvalue weighted by Crippen LogP contribution is 2.20. The van der Waals surface area contributed by atoms with E-state index in [1.54, 1.807) is 45.0 Å². The summed E-state index contributed by atoms with van der Waals surface area (Å²) in [5.41, 5.74) is 5.38. The second-order valence-electron chi connectivity index (χ2n) is 6.34. The minimum absolute atomic E-state index is 0.154. The van der Waals surface area contributed by atoms with Crippen LogP contribution in [0.5, 0.6) is 0 Å². The van der Waals surface area contributed by atoms with Crippen LogP contribution in [0.15, 0.2) is 24.3 Å². The van der Waals surface area contributed by atoms with Crippen LogP contribution >= 0.6 is 0 Å². The van der Waals surface area contributed by atoms with Crippen LogP contribution < -0.4 is 16.4 Å². The molecule has 0 fully saturated rings. The number of hydrogen-bond donors (Lipinski definition) is 5. The maximum atomic E-state index is 11.5. The summed E-state index contributed by atoms with van der Waals surface area (Å²) in [6.45, 7) is 5.42. The van der Waals surface area contributed by atoms with E-state index in [0.29, 0.717) is 11.3 Å². The molecule has 8 nitrogen and oxygen atoms in total. The Hall–Kier alpha value is -2.32. The summed E-state index contributed by atoms with van der Waals surface area (Å²) in [5.74, 6) is 0. The molecule has 0 aliphatic heterocycles. The third kappa shape index (κ3) is 7.30. The van der Waals surface area contributed by atoms with Gasteiger partial charge in [-0.1, -0.05) is 12.1 Å². The Bertz CT molecular complexity index is 554. The molecule has 1 aromatic carbocycles.